The highest BCUT2D eigenvalue weighted by Crippen LogP contribution is 2.17. The largest absolute Gasteiger partial charge is 0.455 e. The quantitative estimate of drug-likeness (QED) is 0.601. The molecule has 3 aromatic rings. The number of hydrogen-bond acceptors (Lipinski definition) is 5. The summed E-state index contributed by atoms with van der Waals surface area (Å²) in [6.07, 6.45) is 0.579. The van der Waals surface area contributed by atoms with Crippen molar-refractivity contribution in [1.82, 2.24) is 15.5 Å². The van der Waals surface area contributed by atoms with Crippen molar-refractivity contribution < 1.29 is 14.3 Å². The van der Waals surface area contributed by atoms with Crippen LogP contribution in [0.4, 0.5) is 0 Å². The third-order valence-corrected chi connectivity index (χ3v) is 4.67. The van der Waals surface area contributed by atoms with E-state index in [2.05, 4.69) is 15.5 Å². The zero-order valence-corrected chi connectivity index (χ0v) is 16.4. The lowest BCUT2D eigenvalue weighted by Gasteiger charge is -2.17. The van der Waals surface area contributed by atoms with E-state index < -0.39 is 5.97 Å². The Balaban J connectivity index is 1.58. The first kappa shape index (κ1) is 20.3. The molecular weight excluding hydrogens is 370 g/mol. The van der Waals surface area contributed by atoms with Crippen LogP contribution in [0.15, 0.2) is 53.3 Å². The minimum Gasteiger partial charge on any atom is -0.455 e. The normalized spacial score (nSPS) is 11.8. The minimum atomic E-state index is -0.590. The van der Waals surface area contributed by atoms with Crippen molar-refractivity contribution in [2.45, 2.75) is 32.7 Å². The third kappa shape index (κ3) is 5.07. The number of nitrogens with zero attached hydrogens (tertiary/aromatic N) is 1. The van der Waals surface area contributed by atoms with Gasteiger partial charge < -0.3 is 10.1 Å². The van der Waals surface area contributed by atoms with Gasteiger partial charge in [0.1, 0.15) is 0 Å². The zero-order chi connectivity index (χ0) is 20.8. The van der Waals surface area contributed by atoms with Crippen LogP contribution in [0.5, 0.6) is 0 Å². The summed E-state index contributed by atoms with van der Waals surface area (Å²) >= 11 is 0. The maximum atomic E-state index is 12.2. The Morgan fingerprint density at radius 1 is 1.10 bits per heavy atom. The second kappa shape index (κ2) is 9.14. The predicted molar refractivity (Wildman–Crippen MR) is 109 cm³/mol. The predicted octanol–water partition coefficient (Wildman–Crippen LogP) is 2.58. The topological polar surface area (TPSA) is 101 Å². The zero-order valence-electron chi connectivity index (χ0n) is 16.4. The second-order valence-corrected chi connectivity index (χ2v) is 6.82. The number of fused-ring (bicyclic) bond motifs is 1. The van der Waals surface area contributed by atoms with Gasteiger partial charge in [-0.3, -0.25) is 14.4 Å². The molecule has 0 aliphatic carbocycles. The summed E-state index contributed by atoms with van der Waals surface area (Å²) in [5, 5.41) is 10.2. The molecule has 0 unspecified atom stereocenters. The molecule has 1 amide bonds. The summed E-state index contributed by atoms with van der Waals surface area (Å²) in [4.78, 5) is 36.2. The van der Waals surface area contributed by atoms with Gasteiger partial charge in [0.25, 0.3) is 11.5 Å². The molecule has 0 saturated heterocycles. The van der Waals surface area contributed by atoms with E-state index in [1.54, 1.807) is 24.3 Å². The molecule has 0 spiro atoms. The summed E-state index contributed by atoms with van der Waals surface area (Å²) in [6.45, 7) is 3.61. The number of aromatic nitrogens is 2. The number of amides is 1. The Hall–Kier alpha value is -3.48. The molecule has 1 heterocycles. The summed E-state index contributed by atoms with van der Waals surface area (Å²) in [5.74, 6) is -0.960. The molecule has 7 heteroatoms. The van der Waals surface area contributed by atoms with E-state index in [9.17, 15) is 14.4 Å². The maximum Gasteiger partial charge on any atom is 0.312 e. The van der Waals surface area contributed by atoms with Crippen LogP contribution in [0.25, 0.3) is 10.8 Å². The fraction of sp³-hybridized carbons (Fsp3) is 0.273. The van der Waals surface area contributed by atoms with E-state index in [1.807, 2.05) is 38.1 Å². The van der Waals surface area contributed by atoms with Crippen LogP contribution in [0.2, 0.25) is 0 Å². The van der Waals surface area contributed by atoms with Crippen molar-refractivity contribution in [1.29, 1.82) is 0 Å². The summed E-state index contributed by atoms with van der Waals surface area (Å²) in [5.41, 5.74) is 2.23. The van der Waals surface area contributed by atoms with Gasteiger partial charge in [-0.1, -0.05) is 55.0 Å². The van der Waals surface area contributed by atoms with Gasteiger partial charge in [-0.25, -0.2) is 5.10 Å². The number of ether oxygens (including phenoxy) is 1. The number of carbonyl (C=O) groups is 2. The fourth-order valence-corrected chi connectivity index (χ4v) is 3.10. The molecule has 3 rings (SSSR count). The van der Waals surface area contributed by atoms with Crippen LogP contribution < -0.4 is 10.9 Å². The molecular formula is C22H23N3O4. The van der Waals surface area contributed by atoms with E-state index in [0.29, 0.717) is 16.5 Å². The molecule has 1 aromatic heterocycles. The fourth-order valence-electron chi connectivity index (χ4n) is 3.10. The van der Waals surface area contributed by atoms with Gasteiger partial charge >= 0.3 is 5.97 Å². The van der Waals surface area contributed by atoms with E-state index in [0.717, 1.165) is 17.5 Å². The number of nitrogens with one attached hydrogen (secondary N) is 2. The lowest BCUT2D eigenvalue weighted by atomic mass is 10.0. The van der Waals surface area contributed by atoms with Gasteiger partial charge in [-0.15, -0.1) is 0 Å². The number of aromatic amines is 1. The smallest absolute Gasteiger partial charge is 0.312 e. The Morgan fingerprint density at radius 2 is 1.79 bits per heavy atom. The number of hydrogen-bond donors (Lipinski definition) is 2. The minimum absolute atomic E-state index is 0.139. The highest BCUT2D eigenvalue weighted by atomic mass is 16.5. The first-order valence-corrected chi connectivity index (χ1v) is 9.45. The van der Waals surface area contributed by atoms with Crippen LogP contribution in [-0.4, -0.2) is 28.7 Å². The molecule has 0 saturated carbocycles. The average Bonchev–Trinajstić information content (AvgIpc) is 2.73. The van der Waals surface area contributed by atoms with Crippen molar-refractivity contribution in [3.05, 3.63) is 75.7 Å². The lowest BCUT2D eigenvalue weighted by molar-refractivity contribution is -0.148. The Labute approximate surface area is 168 Å². The molecule has 0 aliphatic rings. The average molecular weight is 393 g/mol. The summed E-state index contributed by atoms with van der Waals surface area (Å²) < 4.78 is 5.10. The molecule has 29 heavy (non-hydrogen) atoms. The van der Waals surface area contributed by atoms with Crippen LogP contribution in [-0.2, 0) is 20.7 Å². The second-order valence-electron chi connectivity index (χ2n) is 6.82. The van der Waals surface area contributed by atoms with Crippen molar-refractivity contribution in [3.63, 3.8) is 0 Å². The van der Waals surface area contributed by atoms with Gasteiger partial charge in [-0.2, -0.15) is 5.10 Å². The van der Waals surface area contributed by atoms with Crippen LogP contribution in [0, 0.1) is 6.92 Å². The Morgan fingerprint density at radius 3 is 2.48 bits per heavy atom. The molecule has 1 atom stereocenters. The third-order valence-electron chi connectivity index (χ3n) is 4.67. The summed E-state index contributed by atoms with van der Waals surface area (Å²) in [7, 11) is 0. The van der Waals surface area contributed by atoms with Crippen molar-refractivity contribution in [2.24, 2.45) is 0 Å². The number of benzene rings is 2. The van der Waals surface area contributed by atoms with Crippen molar-refractivity contribution in [2.75, 3.05) is 6.61 Å². The molecule has 150 valence electrons. The SMILES string of the molecule is CC[C@@H](NC(=O)COC(=O)Cc1n[nH]c(=O)c2ccccc12)c1ccc(C)cc1. The molecule has 2 N–H and O–H groups in total. The number of H-pyrrole nitrogens is 1. The van der Waals surface area contributed by atoms with E-state index >= 15 is 0 Å². The monoisotopic (exact) mass is 393 g/mol. The van der Waals surface area contributed by atoms with E-state index in [4.69, 9.17) is 4.74 Å². The van der Waals surface area contributed by atoms with Gasteiger partial charge in [0.15, 0.2) is 6.61 Å². The molecule has 0 radical (unpaired) electrons. The van der Waals surface area contributed by atoms with Gasteiger partial charge in [0.05, 0.1) is 23.5 Å². The molecule has 2 aromatic carbocycles. The van der Waals surface area contributed by atoms with Crippen LogP contribution in [0.3, 0.4) is 0 Å². The molecule has 0 aliphatic heterocycles. The molecule has 0 fully saturated rings. The first-order valence-electron chi connectivity index (χ1n) is 9.45. The first-order chi connectivity index (χ1) is 14.0. The summed E-state index contributed by atoms with van der Waals surface area (Å²) in [6, 6.07) is 14.7. The Kier molecular flexibility index (Phi) is 6.39. The lowest BCUT2D eigenvalue weighted by Crippen LogP contribution is -2.32. The van der Waals surface area contributed by atoms with Gasteiger partial charge in [0, 0.05) is 5.39 Å². The standard InChI is InChI=1S/C22H23N3O4/c1-3-18(15-10-8-14(2)9-11-15)23-20(26)13-29-21(27)12-19-16-6-4-5-7-17(16)22(28)25-24-19/h4-11,18H,3,12-13H2,1-2H3,(H,23,26)(H,25,28)/t18-/m1/s1. The number of carbonyl (C=O) groups excluding carboxylic acids is 2. The highest BCUT2D eigenvalue weighted by molar-refractivity contribution is 5.87. The number of esters is 1. The maximum absolute atomic E-state index is 12.2. The molecule has 7 nitrogen and oxygen atoms in total. The number of rotatable bonds is 7. The number of aryl methyl sites for hydroxylation is 1. The van der Waals surface area contributed by atoms with Gasteiger partial charge in [-0.05, 0) is 25.0 Å². The highest BCUT2D eigenvalue weighted by Gasteiger charge is 2.16. The van der Waals surface area contributed by atoms with Crippen LogP contribution >= 0.6 is 0 Å². The molecule has 0 bridgehead atoms. The van der Waals surface area contributed by atoms with E-state index in [1.165, 1.54) is 0 Å². The van der Waals surface area contributed by atoms with E-state index in [-0.39, 0.29) is 30.5 Å². The Bertz CT molecular complexity index is 1070. The van der Waals surface area contributed by atoms with Gasteiger partial charge in [0.2, 0.25) is 0 Å². The van der Waals surface area contributed by atoms with Crippen LogP contribution in [0.1, 0.15) is 36.2 Å². The van der Waals surface area contributed by atoms with Crippen molar-refractivity contribution >= 4 is 22.6 Å². The van der Waals surface area contributed by atoms with Crippen molar-refractivity contribution in [3.8, 4) is 0 Å².